The molecule has 0 fully saturated rings. The maximum Gasteiger partial charge on any atom is 0.337 e. The molecule has 1 aliphatic heterocycles. The Morgan fingerprint density at radius 2 is 1.76 bits per heavy atom. The quantitative estimate of drug-likeness (QED) is 0.419. The number of hydrogen-bond donors (Lipinski definition) is 2. The first-order chi connectivity index (χ1) is 16.0. The number of esters is 1. The van der Waals surface area contributed by atoms with E-state index in [0.29, 0.717) is 31.7 Å². The van der Waals surface area contributed by atoms with Gasteiger partial charge in [0.2, 0.25) is 6.29 Å². The molecule has 3 rings (SSSR count). The van der Waals surface area contributed by atoms with Gasteiger partial charge in [0.15, 0.2) is 5.76 Å². The highest BCUT2D eigenvalue weighted by atomic mass is 16.7. The number of carbonyl (C=O) groups is 2. The minimum Gasteiger partial charge on any atom is -0.465 e. The zero-order valence-corrected chi connectivity index (χ0v) is 18.8. The molecule has 1 aliphatic rings. The highest BCUT2D eigenvalue weighted by molar-refractivity contribution is 5.91. The lowest BCUT2D eigenvalue weighted by Gasteiger charge is -2.29. The van der Waals surface area contributed by atoms with Gasteiger partial charge in [0.1, 0.15) is 0 Å². The van der Waals surface area contributed by atoms with Gasteiger partial charge in [0.05, 0.1) is 32.5 Å². The highest BCUT2D eigenvalue weighted by Crippen LogP contribution is 2.32. The van der Waals surface area contributed by atoms with E-state index in [1.54, 1.807) is 25.3 Å². The third kappa shape index (κ3) is 6.89. The molecule has 2 unspecified atom stereocenters. The Kier molecular flexibility index (Phi) is 9.00. The number of benzene rings is 2. The molecule has 8 nitrogen and oxygen atoms in total. The van der Waals surface area contributed by atoms with Crippen LogP contribution in [0.1, 0.15) is 39.4 Å². The molecule has 1 heterocycles. The van der Waals surface area contributed by atoms with E-state index in [2.05, 4.69) is 5.32 Å². The zero-order chi connectivity index (χ0) is 23.6. The Morgan fingerprint density at radius 3 is 2.39 bits per heavy atom. The molecule has 8 heteroatoms. The van der Waals surface area contributed by atoms with E-state index >= 15 is 0 Å². The summed E-state index contributed by atoms with van der Waals surface area (Å²) in [6.07, 6.45) is 1.63. The van der Waals surface area contributed by atoms with Crippen LogP contribution in [0.25, 0.3) is 0 Å². The molecular weight excluding hydrogens is 426 g/mol. The fourth-order valence-corrected chi connectivity index (χ4v) is 3.42. The fourth-order valence-electron chi connectivity index (χ4n) is 3.42. The van der Waals surface area contributed by atoms with Gasteiger partial charge >= 0.3 is 5.97 Å². The fraction of sp³-hybridized carbons (Fsp3) is 0.360. The van der Waals surface area contributed by atoms with Crippen LogP contribution in [0.5, 0.6) is 0 Å². The van der Waals surface area contributed by atoms with Crippen LogP contribution in [-0.2, 0) is 37.0 Å². The topological polar surface area (TPSA) is 103 Å². The van der Waals surface area contributed by atoms with E-state index in [-0.39, 0.29) is 24.2 Å². The van der Waals surface area contributed by atoms with Crippen molar-refractivity contribution in [2.24, 2.45) is 0 Å². The zero-order valence-electron chi connectivity index (χ0n) is 18.8. The molecule has 33 heavy (non-hydrogen) atoms. The van der Waals surface area contributed by atoms with Crippen molar-refractivity contribution in [3.8, 4) is 0 Å². The Hall–Kier alpha value is -3.20. The number of allylic oxidation sites excluding steroid dienone is 1. The maximum atomic E-state index is 12.6. The van der Waals surface area contributed by atoms with Crippen LogP contribution in [0, 0.1) is 0 Å². The van der Waals surface area contributed by atoms with E-state index < -0.39 is 12.3 Å². The molecule has 0 aromatic heterocycles. The third-order valence-electron chi connectivity index (χ3n) is 5.27. The minimum absolute atomic E-state index is 0.0182. The lowest BCUT2D eigenvalue weighted by Crippen LogP contribution is -2.34. The molecule has 2 N–H and O–H groups in total. The summed E-state index contributed by atoms with van der Waals surface area (Å²) in [4.78, 5) is 24.4. The molecule has 176 valence electrons. The van der Waals surface area contributed by atoms with E-state index in [9.17, 15) is 14.7 Å². The number of nitrogens with one attached hydrogen (secondary N) is 1. The van der Waals surface area contributed by atoms with E-state index in [1.165, 1.54) is 7.11 Å². The van der Waals surface area contributed by atoms with Crippen molar-refractivity contribution in [1.29, 1.82) is 0 Å². The standard InChI is InChI=1S/C25H29NO7/c1-30-12-11-26-24(28)22-13-21(19-7-9-20(10-8-19)25(29)31-2)14-23(33-22)32-16-18-5-3-17(15-27)4-6-18/h3-10,13,21,23,27H,11-12,14-16H2,1-2H3,(H,26,28). The average molecular weight is 456 g/mol. The first-order valence-corrected chi connectivity index (χ1v) is 10.7. The Balaban J connectivity index is 1.74. The van der Waals surface area contributed by atoms with Gasteiger partial charge in [-0.3, -0.25) is 4.79 Å². The molecule has 0 saturated heterocycles. The van der Waals surface area contributed by atoms with Gasteiger partial charge < -0.3 is 29.4 Å². The first kappa shape index (κ1) is 24.4. The summed E-state index contributed by atoms with van der Waals surface area (Å²) in [6.45, 7) is 1.02. The van der Waals surface area contributed by atoms with Crippen LogP contribution in [0.15, 0.2) is 60.4 Å². The summed E-state index contributed by atoms with van der Waals surface area (Å²) in [7, 11) is 2.90. The smallest absolute Gasteiger partial charge is 0.337 e. The number of methoxy groups -OCH3 is 2. The summed E-state index contributed by atoms with van der Waals surface area (Å²) in [5.74, 6) is -0.713. The van der Waals surface area contributed by atoms with Crippen molar-refractivity contribution in [1.82, 2.24) is 5.32 Å². The normalized spacial score (nSPS) is 17.6. The van der Waals surface area contributed by atoms with Gasteiger partial charge in [-0.05, 0) is 34.9 Å². The monoisotopic (exact) mass is 455 g/mol. The molecule has 0 aliphatic carbocycles. The largest absolute Gasteiger partial charge is 0.465 e. The molecular formula is C25H29NO7. The molecule has 0 saturated carbocycles. The molecule has 1 amide bonds. The van der Waals surface area contributed by atoms with E-state index in [0.717, 1.165) is 16.7 Å². The van der Waals surface area contributed by atoms with Crippen molar-refractivity contribution < 1.29 is 33.6 Å². The number of carbonyl (C=O) groups excluding carboxylic acids is 2. The van der Waals surface area contributed by atoms with Crippen molar-refractivity contribution in [2.45, 2.75) is 31.8 Å². The van der Waals surface area contributed by atoms with Crippen LogP contribution in [0.3, 0.4) is 0 Å². The lowest BCUT2D eigenvalue weighted by atomic mass is 9.92. The first-order valence-electron chi connectivity index (χ1n) is 10.7. The SMILES string of the molecule is COCCNC(=O)C1=CC(c2ccc(C(=O)OC)cc2)CC(OCc2ccc(CO)cc2)O1. The van der Waals surface area contributed by atoms with Gasteiger partial charge in [-0.25, -0.2) is 4.79 Å². The van der Waals surface area contributed by atoms with Crippen molar-refractivity contribution in [2.75, 3.05) is 27.4 Å². The van der Waals surface area contributed by atoms with Crippen LogP contribution in [0.2, 0.25) is 0 Å². The van der Waals surface area contributed by atoms with Crippen molar-refractivity contribution >= 4 is 11.9 Å². The molecule has 0 bridgehead atoms. The summed E-state index contributed by atoms with van der Waals surface area (Å²) in [5, 5.41) is 12.0. The summed E-state index contributed by atoms with van der Waals surface area (Å²) < 4.78 is 21.6. The Bertz CT molecular complexity index is 954. The van der Waals surface area contributed by atoms with Crippen LogP contribution in [-0.4, -0.2) is 50.6 Å². The van der Waals surface area contributed by atoms with Crippen molar-refractivity contribution in [3.05, 3.63) is 82.6 Å². The second kappa shape index (κ2) is 12.2. The maximum absolute atomic E-state index is 12.6. The second-order valence-corrected chi connectivity index (χ2v) is 7.57. The van der Waals surface area contributed by atoms with Gasteiger partial charge in [0, 0.05) is 26.0 Å². The predicted molar refractivity (Wildman–Crippen MR) is 120 cm³/mol. The highest BCUT2D eigenvalue weighted by Gasteiger charge is 2.29. The van der Waals surface area contributed by atoms with Crippen LogP contribution in [0.4, 0.5) is 0 Å². The Labute approximate surface area is 193 Å². The molecule has 0 radical (unpaired) electrons. The van der Waals surface area contributed by atoms with Gasteiger partial charge in [0.25, 0.3) is 5.91 Å². The number of amides is 1. The van der Waals surface area contributed by atoms with E-state index in [1.807, 2.05) is 36.4 Å². The van der Waals surface area contributed by atoms with Gasteiger partial charge in [-0.2, -0.15) is 0 Å². The van der Waals surface area contributed by atoms with Crippen molar-refractivity contribution in [3.63, 3.8) is 0 Å². The lowest BCUT2D eigenvalue weighted by molar-refractivity contribution is -0.150. The minimum atomic E-state index is -0.638. The van der Waals surface area contributed by atoms with Gasteiger partial charge in [-0.15, -0.1) is 0 Å². The molecule has 2 aromatic rings. The number of aliphatic hydroxyl groups excluding tert-OH is 1. The summed E-state index contributed by atoms with van der Waals surface area (Å²) in [5.41, 5.74) is 3.12. The summed E-state index contributed by atoms with van der Waals surface area (Å²) >= 11 is 0. The number of rotatable bonds is 10. The van der Waals surface area contributed by atoms with Crippen LogP contribution < -0.4 is 5.32 Å². The Morgan fingerprint density at radius 1 is 1.06 bits per heavy atom. The average Bonchev–Trinajstić information content (AvgIpc) is 2.87. The molecule has 0 spiro atoms. The second-order valence-electron chi connectivity index (χ2n) is 7.57. The molecule has 2 atom stereocenters. The number of hydrogen-bond acceptors (Lipinski definition) is 7. The number of aliphatic hydroxyl groups is 1. The van der Waals surface area contributed by atoms with E-state index in [4.69, 9.17) is 18.9 Å². The predicted octanol–water partition coefficient (Wildman–Crippen LogP) is 2.66. The number of ether oxygens (including phenoxy) is 4. The summed E-state index contributed by atoms with van der Waals surface area (Å²) in [6, 6.07) is 14.5. The molecule has 2 aromatic carbocycles. The van der Waals surface area contributed by atoms with Gasteiger partial charge in [-0.1, -0.05) is 36.4 Å². The van der Waals surface area contributed by atoms with Crippen LogP contribution >= 0.6 is 0 Å². The third-order valence-corrected chi connectivity index (χ3v) is 5.27.